The van der Waals surface area contributed by atoms with Crippen LogP contribution in [-0.2, 0) is 22.7 Å². The molecule has 0 unspecified atom stereocenters. The van der Waals surface area contributed by atoms with Crippen LogP contribution in [0.3, 0.4) is 0 Å². The second kappa shape index (κ2) is 8.79. The van der Waals surface area contributed by atoms with Gasteiger partial charge in [0, 0.05) is 24.7 Å². The van der Waals surface area contributed by atoms with Gasteiger partial charge in [-0.3, -0.25) is 14.9 Å². The van der Waals surface area contributed by atoms with Crippen molar-refractivity contribution < 1.29 is 19.1 Å². The van der Waals surface area contributed by atoms with Crippen molar-refractivity contribution in [3.8, 4) is 5.88 Å². The summed E-state index contributed by atoms with van der Waals surface area (Å²) < 4.78 is 5.76. The summed E-state index contributed by atoms with van der Waals surface area (Å²) in [7, 11) is 0. The first-order valence-electron chi connectivity index (χ1n) is 8.60. The van der Waals surface area contributed by atoms with E-state index in [1.807, 2.05) is 36.4 Å². The predicted octanol–water partition coefficient (Wildman–Crippen LogP) is 1.27. The van der Waals surface area contributed by atoms with Crippen molar-refractivity contribution >= 4 is 17.8 Å². The lowest BCUT2D eigenvalue weighted by atomic mass is 10.1. The summed E-state index contributed by atoms with van der Waals surface area (Å²) in [6, 6.07) is 12.1. The standard InChI is InChI=1S/C19H20N4O4/c24-16(9-8-15-17(25)23-19(26)22-15)21-11-14-7-4-10-20-18(14)27-12-13-5-2-1-3-6-13/h1-7,10,15H,8-9,11-12H2,(H,21,24)(H2,22,23,25,26)/t15-/m0/s1. The molecule has 2 heterocycles. The van der Waals surface area contributed by atoms with Gasteiger partial charge in [0.1, 0.15) is 12.6 Å². The van der Waals surface area contributed by atoms with Crippen molar-refractivity contribution in [2.24, 2.45) is 0 Å². The fourth-order valence-corrected chi connectivity index (χ4v) is 2.63. The van der Waals surface area contributed by atoms with E-state index in [1.54, 1.807) is 12.3 Å². The molecule has 1 aliphatic heterocycles. The fraction of sp³-hybridized carbons (Fsp3) is 0.263. The minimum Gasteiger partial charge on any atom is -0.473 e. The smallest absolute Gasteiger partial charge is 0.322 e. The van der Waals surface area contributed by atoms with Crippen LogP contribution in [-0.4, -0.2) is 28.9 Å². The maximum atomic E-state index is 12.0. The first-order valence-corrected chi connectivity index (χ1v) is 8.60. The van der Waals surface area contributed by atoms with Crippen LogP contribution in [0, 0.1) is 0 Å². The maximum Gasteiger partial charge on any atom is 0.322 e. The average molecular weight is 368 g/mol. The number of carbonyl (C=O) groups excluding carboxylic acids is 3. The highest BCUT2D eigenvalue weighted by Gasteiger charge is 2.29. The van der Waals surface area contributed by atoms with Crippen molar-refractivity contribution in [2.45, 2.75) is 32.0 Å². The predicted molar refractivity (Wildman–Crippen MR) is 96.6 cm³/mol. The maximum absolute atomic E-state index is 12.0. The summed E-state index contributed by atoms with van der Waals surface area (Å²) in [6.45, 7) is 0.648. The Hall–Kier alpha value is -3.42. The molecule has 0 radical (unpaired) electrons. The van der Waals surface area contributed by atoms with Gasteiger partial charge >= 0.3 is 6.03 Å². The highest BCUT2D eigenvalue weighted by Crippen LogP contribution is 2.16. The van der Waals surface area contributed by atoms with E-state index >= 15 is 0 Å². The number of amides is 4. The topological polar surface area (TPSA) is 109 Å². The average Bonchev–Trinajstić information content (AvgIpc) is 3.01. The van der Waals surface area contributed by atoms with Gasteiger partial charge in [-0.15, -0.1) is 0 Å². The Labute approximate surface area is 156 Å². The van der Waals surface area contributed by atoms with Crippen LogP contribution in [0.4, 0.5) is 4.79 Å². The third-order valence-electron chi connectivity index (χ3n) is 4.06. The SMILES string of the molecule is O=C(CC[C@@H]1NC(=O)NC1=O)NCc1cccnc1OCc1ccccc1. The number of nitrogens with one attached hydrogen (secondary N) is 3. The molecule has 2 aromatic rings. The van der Waals surface area contributed by atoms with Gasteiger partial charge in [-0.05, 0) is 18.1 Å². The molecule has 27 heavy (non-hydrogen) atoms. The number of nitrogens with zero attached hydrogens (tertiary/aromatic N) is 1. The zero-order chi connectivity index (χ0) is 19.1. The van der Waals surface area contributed by atoms with Gasteiger partial charge in [0.25, 0.3) is 5.91 Å². The van der Waals surface area contributed by atoms with Crippen molar-refractivity contribution in [3.63, 3.8) is 0 Å². The van der Waals surface area contributed by atoms with Crippen LogP contribution in [0.1, 0.15) is 24.0 Å². The molecular weight excluding hydrogens is 348 g/mol. The van der Waals surface area contributed by atoms with Gasteiger partial charge in [-0.25, -0.2) is 9.78 Å². The number of urea groups is 1. The Morgan fingerprint density at radius 2 is 1.96 bits per heavy atom. The van der Waals surface area contributed by atoms with Crippen molar-refractivity contribution in [3.05, 3.63) is 59.8 Å². The molecule has 8 nitrogen and oxygen atoms in total. The van der Waals surface area contributed by atoms with Crippen LogP contribution in [0.25, 0.3) is 0 Å². The third-order valence-corrected chi connectivity index (χ3v) is 4.06. The molecule has 4 amide bonds. The lowest BCUT2D eigenvalue weighted by Gasteiger charge is -2.12. The van der Waals surface area contributed by atoms with Gasteiger partial charge in [0.2, 0.25) is 11.8 Å². The van der Waals surface area contributed by atoms with Gasteiger partial charge in [-0.2, -0.15) is 0 Å². The van der Waals surface area contributed by atoms with Crippen molar-refractivity contribution in [1.29, 1.82) is 0 Å². The largest absolute Gasteiger partial charge is 0.473 e. The first-order chi connectivity index (χ1) is 13.1. The number of rotatable bonds is 8. The number of imide groups is 1. The van der Waals surface area contributed by atoms with E-state index < -0.39 is 18.0 Å². The molecular formula is C19H20N4O4. The molecule has 0 bridgehead atoms. The van der Waals surface area contributed by atoms with Gasteiger partial charge in [0.05, 0.1) is 0 Å². The monoisotopic (exact) mass is 368 g/mol. The van der Waals surface area contributed by atoms with E-state index in [4.69, 9.17) is 4.74 Å². The molecule has 3 rings (SSSR count). The van der Waals surface area contributed by atoms with Gasteiger partial charge in [-0.1, -0.05) is 36.4 Å². The highest BCUT2D eigenvalue weighted by molar-refractivity contribution is 6.04. The normalized spacial score (nSPS) is 15.8. The third kappa shape index (κ3) is 5.27. The van der Waals surface area contributed by atoms with E-state index in [9.17, 15) is 14.4 Å². The van der Waals surface area contributed by atoms with Crippen molar-refractivity contribution in [1.82, 2.24) is 20.9 Å². The van der Waals surface area contributed by atoms with Crippen molar-refractivity contribution in [2.75, 3.05) is 0 Å². The molecule has 0 aliphatic carbocycles. The molecule has 1 aromatic heterocycles. The summed E-state index contributed by atoms with van der Waals surface area (Å²) in [4.78, 5) is 38.8. The van der Waals surface area contributed by atoms with E-state index in [0.29, 0.717) is 12.5 Å². The highest BCUT2D eigenvalue weighted by atomic mass is 16.5. The Balaban J connectivity index is 1.48. The Morgan fingerprint density at radius 1 is 1.15 bits per heavy atom. The summed E-state index contributed by atoms with van der Waals surface area (Å²) in [5.41, 5.74) is 1.78. The number of pyridine rings is 1. The Bertz CT molecular complexity index is 825. The molecule has 1 fully saturated rings. The Kier molecular flexibility index (Phi) is 5.98. The van der Waals surface area contributed by atoms with Gasteiger partial charge < -0.3 is 15.4 Å². The summed E-state index contributed by atoms with van der Waals surface area (Å²) in [5, 5.41) is 7.39. The lowest BCUT2D eigenvalue weighted by Crippen LogP contribution is -2.31. The van der Waals surface area contributed by atoms with E-state index in [2.05, 4.69) is 20.9 Å². The lowest BCUT2D eigenvalue weighted by molar-refractivity contribution is -0.122. The van der Waals surface area contributed by atoms with Crippen LogP contribution in [0.2, 0.25) is 0 Å². The Morgan fingerprint density at radius 3 is 2.70 bits per heavy atom. The quantitative estimate of drug-likeness (QED) is 0.608. The summed E-state index contributed by atoms with van der Waals surface area (Å²) in [6.07, 6.45) is 2.00. The van der Waals surface area contributed by atoms with E-state index in [-0.39, 0.29) is 25.3 Å². The number of hydrogen-bond acceptors (Lipinski definition) is 5. The number of ether oxygens (including phenoxy) is 1. The second-order valence-corrected chi connectivity index (χ2v) is 6.07. The van der Waals surface area contributed by atoms with Crippen LogP contribution < -0.4 is 20.7 Å². The molecule has 1 aromatic carbocycles. The summed E-state index contributed by atoms with van der Waals surface area (Å²) in [5.74, 6) is -0.164. The molecule has 1 aliphatic rings. The minimum atomic E-state index is -0.661. The van der Waals surface area contributed by atoms with Crippen LogP contribution >= 0.6 is 0 Å². The molecule has 140 valence electrons. The molecule has 0 spiro atoms. The first kappa shape index (κ1) is 18.4. The fourth-order valence-electron chi connectivity index (χ4n) is 2.63. The number of carbonyl (C=O) groups is 3. The minimum absolute atomic E-state index is 0.124. The number of benzene rings is 1. The molecule has 1 atom stereocenters. The zero-order valence-electron chi connectivity index (χ0n) is 14.6. The second-order valence-electron chi connectivity index (χ2n) is 6.07. The van der Waals surface area contributed by atoms with E-state index in [0.717, 1.165) is 11.1 Å². The molecule has 0 saturated carbocycles. The number of aromatic nitrogens is 1. The zero-order valence-corrected chi connectivity index (χ0v) is 14.6. The van der Waals surface area contributed by atoms with Gasteiger partial charge in [0.15, 0.2) is 0 Å². The van der Waals surface area contributed by atoms with Crippen LogP contribution in [0.5, 0.6) is 5.88 Å². The molecule has 8 heteroatoms. The molecule has 1 saturated heterocycles. The summed E-state index contributed by atoms with van der Waals surface area (Å²) >= 11 is 0. The molecule has 3 N–H and O–H groups in total. The van der Waals surface area contributed by atoms with E-state index in [1.165, 1.54) is 0 Å². The van der Waals surface area contributed by atoms with Crippen LogP contribution in [0.15, 0.2) is 48.7 Å². The number of hydrogen-bond donors (Lipinski definition) is 3.